The zero-order valence-corrected chi connectivity index (χ0v) is 20.9. The van der Waals surface area contributed by atoms with Crippen LogP contribution in [0, 0.1) is 17.6 Å². The van der Waals surface area contributed by atoms with Crippen LogP contribution in [-0.4, -0.2) is 37.3 Å². The Morgan fingerprint density at radius 2 is 1.83 bits per heavy atom. The van der Waals surface area contributed by atoms with Crippen molar-refractivity contribution in [2.24, 2.45) is 13.0 Å². The Morgan fingerprint density at radius 1 is 1.08 bits per heavy atom. The van der Waals surface area contributed by atoms with Gasteiger partial charge in [0.1, 0.15) is 17.3 Å². The summed E-state index contributed by atoms with van der Waals surface area (Å²) in [6.45, 7) is 3.06. The topological polar surface area (TPSA) is 81.0 Å². The maximum Gasteiger partial charge on any atom is 0.254 e. The van der Waals surface area contributed by atoms with E-state index < -0.39 is 22.9 Å². The minimum absolute atomic E-state index is 0.153. The first kappa shape index (κ1) is 26.0. The summed E-state index contributed by atoms with van der Waals surface area (Å²) in [6.07, 6.45) is 4.23. The van der Waals surface area contributed by atoms with Crippen molar-refractivity contribution in [2.45, 2.75) is 26.2 Å². The van der Waals surface area contributed by atoms with Crippen LogP contribution in [-0.2, 0) is 24.7 Å². The van der Waals surface area contributed by atoms with Gasteiger partial charge in [-0.25, -0.2) is 17.3 Å². The smallest absolute Gasteiger partial charge is 0.254 e. The molecule has 7 nitrogen and oxygen atoms in total. The Labute approximate surface area is 210 Å². The molecule has 3 aromatic rings. The Morgan fingerprint density at radius 3 is 2.50 bits per heavy atom. The lowest BCUT2D eigenvalue weighted by Gasteiger charge is -2.19. The molecule has 0 spiro atoms. The number of pyridine rings is 1. The van der Waals surface area contributed by atoms with Crippen molar-refractivity contribution < 1.29 is 27.0 Å². The summed E-state index contributed by atoms with van der Waals surface area (Å²) in [5.41, 5.74) is 1.68. The maximum atomic E-state index is 14.4. The van der Waals surface area contributed by atoms with Crippen LogP contribution in [0.1, 0.15) is 25.3 Å². The highest BCUT2D eigenvalue weighted by Gasteiger charge is 2.26. The zero-order chi connectivity index (χ0) is 25.8. The first-order chi connectivity index (χ1) is 17.2. The standard InChI is InChI=1S/C26H28F2N2O5S/c1-3-34-25-14-26(31)29(2)16-21(25)20-12-17(10-11-30(36(32)33)15-18-4-5-18)6-8-23(20)35-24-9-7-19(27)13-22(24)28/h6-9,12-14,16,18H,3-5,10-11,15H2,1-2H3,(H,32,33). The quantitative estimate of drug-likeness (QED) is 0.365. The molecule has 1 aromatic heterocycles. The van der Waals surface area contributed by atoms with Crippen LogP contribution < -0.4 is 15.0 Å². The van der Waals surface area contributed by atoms with Gasteiger partial charge in [-0.2, -0.15) is 0 Å². The molecule has 2 aromatic carbocycles. The third kappa shape index (κ3) is 6.37. The molecule has 192 valence electrons. The largest absolute Gasteiger partial charge is 0.493 e. The van der Waals surface area contributed by atoms with E-state index in [9.17, 15) is 22.3 Å². The van der Waals surface area contributed by atoms with Gasteiger partial charge in [-0.15, -0.1) is 0 Å². The van der Waals surface area contributed by atoms with Crippen molar-refractivity contribution in [1.29, 1.82) is 0 Å². The normalized spacial score (nSPS) is 14.2. The lowest BCUT2D eigenvalue weighted by Crippen LogP contribution is -2.30. The molecule has 1 fully saturated rings. The fourth-order valence-corrected chi connectivity index (χ4v) is 4.46. The van der Waals surface area contributed by atoms with Crippen molar-refractivity contribution in [3.05, 3.63) is 76.2 Å². The van der Waals surface area contributed by atoms with Gasteiger partial charge in [-0.3, -0.25) is 9.35 Å². The molecule has 0 radical (unpaired) electrons. The molecule has 1 saturated carbocycles. The highest BCUT2D eigenvalue weighted by atomic mass is 32.2. The van der Waals surface area contributed by atoms with Gasteiger partial charge in [0.05, 0.1) is 6.61 Å². The van der Waals surface area contributed by atoms with E-state index in [1.165, 1.54) is 21.0 Å². The van der Waals surface area contributed by atoms with E-state index in [0.717, 1.165) is 30.5 Å². The lowest BCUT2D eigenvalue weighted by molar-refractivity contribution is 0.340. The molecule has 10 heteroatoms. The zero-order valence-electron chi connectivity index (χ0n) is 20.1. The summed E-state index contributed by atoms with van der Waals surface area (Å²) in [5, 5.41) is 0. The van der Waals surface area contributed by atoms with E-state index in [2.05, 4.69) is 0 Å². The molecule has 1 atom stereocenters. The minimum Gasteiger partial charge on any atom is -0.493 e. The molecule has 0 saturated heterocycles. The van der Waals surface area contributed by atoms with E-state index in [0.29, 0.717) is 48.9 Å². The number of ether oxygens (including phenoxy) is 2. The van der Waals surface area contributed by atoms with E-state index >= 15 is 0 Å². The highest BCUT2D eigenvalue weighted by molar-refractivity contribution is 7.76. The van der Waals surface area contributed by atoms with Gasteiger partial charge in [0.15, 0.2) is 11.6 Å². The van der Waals surface area contributed by atoms with Crippen molar-refractivity contribution in [1.82, 2.24) is 8.87 Å². The molecule has 0 amide bonds. The molecule has 0 aliphatic heterocycles. The lowest BCUT2D eigenvalue weighted by atomic mass is 10.0. The first-order valence-corrected chi connectivity index (χ1v) is 12.8. The van der Waals surface area contributed by atoms with Gasteiger partial charge < -0.3 is 14.0 Å². The van der Waals surface area contributed by atoms with Gasteiger partial charge >= 0.3 is 0 Å². The Balaban J connectivity index is 1.73. The van der Waals surface area contributed by atoms with Crippen LogP contribution in [0.4, 0.5) is 8.78 Å². The summed E-state index contributed by atoms with van der Waals surface area (Å²) in [5.74, 6) is -0.643. The third-order valence-corrected chi connectivity index (χ3v) is 6.74. The average Bonchev–Trinajstić information content (AvgIpc) is 3.65. The van der Waals surface area contributed by atoms with Crippen LogP contribution in [0.15, 0.2) is 53.5 Å². The summed E-state index contributed by atoms with van der Waals surface area (Å²) in [7, 11) is 1.61. The Bertz CT molecular complexity index is 1330. The van der Waals surface area contributed by atoms with Crippen LogP contribution >= 0.6 is 0 Å². The third-order valence-electron chi connectivity index (χ3n) is 5.97. The number of benzene rings is 2. The predicted octanol–water partition coefficient (Wildman–Crippen LogP) is 4.91. The first-order valence-electron chi connectivity index (χ1n) is 11.7. The number of nitrogens with zero attached hydrogens (tertiary/aromatic N) is 2. The monoisotopic (exact) mass is 518 g/mol. The number of aryl methyl sites for hydroxylation is 1. The highest BCUT2D eigenvalue weighted by Crippen LogP contribution is 2.39. The second-order valence-corrected chi connectivity index (χ2v) is 9.73. The summed E-state index contributed by atoms with van der Waals surface area (Å²) in [6, 6.07) is 9.71. The number of aromatic nitrogens is 1. The number of hydrogen-bond acceptors (Lipinski definition) is 4. The van der Waals surface area contributed by atoms with Gasteiger partial charge in [0.2, 0.25) is 11.3 Å². The van der Waals surface area contributed by atoms with Gasteiger partial charge in [-0.1, -0.05) is 6.07 Å². The molecule has 36 heavy (non-hydrogen) atoms. The fraction of sp³-hybridized carbons (Fsp3) is 0.346. The van der Waals surface area contributed by atoms with Crippen molar-refractivity contribution in [3.8, 4) is 28.4 Å². The van der Waals surface area contributed by atoms with Crippen molar-refractivity contribution in [3.63, 3.8) is 0 Å². The second-order valence-electron chi connectivity index (χ2n) is 8.75. The SMILES string of the molecule is CCOc1cc(=O)n(C)cc1-c1cc(CCN(CC2CC2)S(=O)O)ccc1Oc1ccc(F)cc1F. The van der Waals surface area contributed by atoms with Crippen LogP contribution in [0.25, 0.3) is 11.1 Å². The molecule has 1 aliphatic carbocycles. The van der Waals surface area contributed by atoms with Crippen LogP contribution in [0.3, 0.4) is 0 Å². The molecule has 1 aliphatic rings. The predicted molar refractivity (Wildman–Crippen MR) is 133 cm³/mol. The molecule has 4 rings (SSSR count). The van der Waals surface area contributed by atoms with Gasteiger partial charge in [0, 0.05) is 49.6 Å². The summed E-state index contributed by atoms with van der Waals surface area (Å²) in [4.78, 5) is 12.3. The van der Waals surface area contributed by atoms with E-state index in [1.807, 2.05) is 6.07 Å². The Hall–Kier alpha value is -3.08. The summed E-state index contributed by atoms with van der Waals surface area (Å²) < 4.78 is 63.7. The van der Waals surface area contributed by atoms with Gasteiger partial charge in [0.25, 0.3) is 5.56 Å². The average molecular weight is 519 g/mol. The van der Waals surface area contributed by atoms with E-state index in [-0.39, 0.29) is 17.1 Å². The van der Waals surface area contributed by atoms with E-state index in [1.54, 1.807) is 32.3 Å². The Kier molecular flexibility index (Phi) is 8.17. The fourth-order valence-electron chi connectivity index (χ4n) is 3.87. The molecule has 1 N–H and O–H groups in total. The minimum atomic E-state index is -2.07. The summed E-state index contributed by atoms with van der Waals surface area (Å²) >= 11 is -2.07. The number of hydrogen-bond donors (Lipinski definition) is 1. The van der Waals surface area contributed by atoms with Crippen molar-refractivity contribution in [2.75, 3.05) is 19.7 Å². The maximum absolute atomic E-state index is 14.4. The molecule has 0 bridgehead atoms. The van der Waals surface area contributed by atoms with Crippen molar-refractivity contribution >= 4 is 11.3 Å². The number of halogens is 2. The number of rotatable bonds is 11. The van der Waals surface area contributed by atoms with E-state index in [4.69, 9.17) is 9.47 Å². The molecule has 1 unspecified atom stereocenters. The molecular weight excluding hydrogens is 490 g/mol. The second kappa shape index (κ2) is 11.3. The van der Waals surface area contributed by atoms with Crippen LogP contribution in [0.2, 0.25) is 0 Å². The molecular formula is C26H28F2N2O5S. The molecule has 1 heterocycles. The van der Waals surface area contributed by atoms with Gasteiger partial charge in [-0.05, 0) is 61.9 Å². The van der Waals surface area contributed by atoms with Crippen LogP contribution in [0.5, 0.6) is 17.2 Å².